The molecule has 0 radical (unpaired) electrons. The van der Waals surface area contributed by atoms with Gasteiger partial charge in [-0.15, -0.1) is 0 Å². The van der Waals surface area contributed by atoms with E-state index in [9.17, 15) is 0 Å². The standard InChI is InChI=1S/C13H18N4/c14-7-13(4-1-5-13)8-15-10-2-3-11-12(6-10)17-9-16-11/h2-3,6,9,15H,1,4-5,7-8,14H2,(H,16,17). The summed E-state index contributed by atoms with van der Waals surface area (Å²) >= 11 is 0. The van der Waals surface area contributed by atoms with Crippen molar-refractivity contribution in [3.63, 3.8) is 0 Å². The van der Waals surface area contributed by atoms with Crippen LogP contribution in [0.3, 0.4) is 0 Å². The molecule has 1 aromatic carbocycles. The highest BCUT2D eigenvalue weighted by Crippen LogP contribution is 2.39. The second-order valence-corrected chi connectivity index (χ2v) is 5.05. The van der Waals surface area contributed by atoms with E-state index in [2.05, 4.69) is 27.4 Å². The van der Waals surface area contributed by atoms with Crippen molar-refractivity contribution in [1.82, 2.24) is 9.97 Å². The summed E-state index contributed by atoms with van der Waals surface area (Å²) in [5, 5.41) is 3.49. The molecule has 2 aromatic rings. The summed E-state index contributed by atoms with van der Waals surface area (Å²) in [5.41, 5.74) is 9.41. The molecule has 0 unspecified atom stereocenters. The second kappa shape index (κ2) is 4.04. The van der Waals surface area contributed by atoms with Gasteiger partial charge in [0.25, 0.3) is 0 Å². The SMILES string of the molecule is NCC1(CNc2ccc3nc[nH]c3c2)CCC1. The van der Waals surface area contributed by atoms with Crippen LogP contribution in [0, 0.1) is 5.41 Å². The molecular formula is C13H18N4. The first kappa shape index (κ1) is 10.6. The Morgan fingerprint density at radius 1 is 1.41 bits per heavy atom. The Bertz CT molecular complexity index is 507. The van der Waals surface area contributed by atoms with Gasteiger partial charge >= 0.3 is 0 Å². The van der Waals surface area contributed by atoms with E-state index in [4.69, 9.17) is 5.73 Å². The molecule has 1 heterocycles. The first-order chi connectivity index (χ1) is 8.31. The minimum absolute atomic E-state index is 0.336. The van der Waals surface area contributed by atoms with E-state index in [1.165, 1.54) is 19.3 Å². The number of nitrogens with zero attached hydrogens (tertiary/aromatic N) is 1. The lowest BCUT2D eigenvalue weighted by Crippen LogP contribution is -2.42. The number of hydrogen-bond donors (Lipinski definition) is 3. The Morgan fingerprint density at radius 2 is 2.29 bits per heavy atom. The summed E-state index contributed by atoms with van der Waals surface area (Å²) in [6.07, 6.45) is 5.55. The van der Waals surface area contributed by atoms with Crippen molar-refractivity contribution in [3.05, 3.63) is 24.5 Å². The van der Waals surface area contributed by atoms with E-state index in [0.29, 0.717) is 5.41 Å². The van der Waals surface area contributed by atoms with Crippen molar-refractivity contribution in [2.45, 2.75) is 19.3 Å². The van der Waals surface area contributed by atoms with Crippen LogP contribution in [-0.2, 0) is 0 Å². The first-order valence-electron chi connectivity index (χ1n) is 6.18. The zero-order valence-corrected chi connectivity index (χ0v) is 9.87. The van der Waals surface area contributed by atoms with Gasteiger partial charge in [0.05, 0.1) is 17.4 Å². The number of anilines is 1. The molecule has 0 amide bonds. The van der Waals surface area contributed by atoms with Crippen LogP contribution in [0.25, 0.3) is 11.0 Å². The summed E-state index contributed by atoms with van der Waals surface area (Å²) in [5.74, 6) is 0. The molecule has 0 spiro atoms. The summed E-state index contributed by atoms with van der Waals surface area (Å²) in [4.78, 5) is 7.33. The highest BCUT2D eigenvalue weighted by atomic mass is 14.9. The molecule has 4 heteroatoms. The fourth-order valence-electron chi connectivity index (χ4n) is 2.46. The number of nitrogens with one attached hydrogen (secondary N) is 2. The largest absolute Gasteiger partial charge is 0.384 e. The lowest BCUT2D eigenvalue weighted by atomic mass is 9.69. The predicted octanol–water partition coefficient (Wildman–Crippen LogP) is 2.10. The van der Waals surface area contributed by atoms with Gasteiger partial charge in [-0.3, -0.25) is 0 Å². The smallest absolute Gasteiger partial charge is 0.0931 e. The van der Waals surface area contributed by atoms with Crippen molar-refractivity contribution in [3.8, 4) is 0 Å². The Hall–Kier alpha value is -1.55. The van der Waals surface area contributed by atoms with Gasteiger partial charge in [0.1, 0.15) is 0 Å². The molecule has 90 valence electrons. The van der Waals surface area contributed by atoms with Crippen LogP contribution in [0.5, 0.6) is 0 Å². The molecular weight excluding hydrogens is 212 g/mol. The van der Waals surface area contributed by atoms with Crippen molar-refractivity contribution in [2.75, 3.05) is 18.4 Å². The van der Waals surface area contributed by atoms with Crippen LogP contribution in [0.1, 0.15) is 19.3 Å². The van der Waals surface area contributed by atoms with Gasteiger partial charge in [0, 0.05) is 12.2 Å². The fraction of sp³-hybridized carbons (Fsp3) is 0.462. The second-order valence-electron chi connectivity index (χ2n) is 5.05. The highest BCUT2D eigenvalue weighted by Gasteiger charge is 2.35. The van der Waals surface area contributed by atoms with Crippen LogP contribution in [0.2, 0.25) is 0 Å². The van der Waals surface area contributed by atoms with Crippen molar-refractivity contribution >= 4 is 16.7 Å². The molecule has 4 N–H and O–H groups in total. The molecule has 4 nitrogen and oxygen atoms in total. The third-order valence-electron chi connectivity index (χ3n) is 3.93. The van der Waals surface area contributed by atoms with Crippen LogP contribution in [0.15, 0.2) is 24.5 Å². The molecule has 3 rings (SSSR count). The molecule has 1 saturated carbocycles. The Balaban J connectivity index is 1.71. The topological polar surface area (TPSA) is 66.7 Å². The Kier molecular flexibility index (Phi) is 2.52. The van der Waals surface area contributed by atoms with E-state index >= 15 is 0 Å². The quantitative estimate of drug-likeness (QED) is 0.753. The van der Waals surface area contributed by atoms with Crippen molar-refractivity contribution < 1.29 is 0 Å². The maximum atomic E-state index is 5.85. The normalized spacial score (nSPS) is 17.9. The maximum absolute atomic E-state index is 5.85. The van der Waals surface area contributed by atoms with Crippen molar-refractivity contribution in [2.24, 2.45) is 11.1 Å². The average Bonchev–Trinajstić information content (AvgIpc) is 2.75. The number of fused-ring (bicyclic) bond motifs is 1. The lowest BCUT2D eigenvalue weighted by Gasteiger charge is -2.41. The molecule has 0 bridgehead atoms. The average molecular weight is 230 g/mol. The first-order valence-corrected chi connectivity index (χ1v) is 6.18. The van der Waals surface area contributed by atoms with Crippen molar-refractivity contribution in [1.29, 1.82) is 0 Å². The number of aromatic amines is 1. The minimum atomic E-state index is 0.336. The van der Waals surface area contributed by atoms with Gasteiger partial charge in [-0.2, -0.15) is 0 Å². The zero-order chi connectivity index (χ0) is 11.7. The number of nitrogens with two attached hydrogens (primary N) is 1. The monoisotopic (exact) mass is 230 g/mol. The number of imidazole rings is 1. The van der Waals surface area contributed by atoms with E-state index < -0.39 is 0 Å². The number of hydrogen-bond acceptors (Lipinski definition) is 3. The number of H-pyrrole nitrogens is 1. The molecule has 0 atom stereocenters. The number of rotatable bonds is 4. The van der Waals surface area contributed by atoms with Gasteiger partial charge in [-0.25, -0.2) is 4.98 Å². The Labute approximate surface area is 101 Å². The van der Waals surface area contributed by atoms with Crippen LogP contribution in [-0.4, -0.2) is 23.1 Å². The molecule has 17 heavy (non-hydrogen) atoms. The van der Waals surface area contributed by atoms with Gasteiger partial charge in [-0.1, -0.05) is 6.42 Å². The summed E-state index contributed by atoms with van der Waals surface area (Å²) in [6.45, 7) is 1.76. The summed E-state index contributed by atoms with van der Waals surface area (Å²) < 4.78 is 0. The van der Waals surface area contributed by atoms with E-state index in [-0.39, 0.29) is 0 Å². The number of aromatic nitrogens is 2. The highest BCUT2D eigenvalue weighted by molar-refractivity contribution is 5.78. The minimum Gasteiger partial charge on any atom is -0.384 e. The molecule has 0 saturated heterocycles. The van der Waals surface area contributed by atoms with E-state index in [1.807, 2.05) is 6.07 Å². The molecule has 1 aliphatic rings. The van der Waals surface area contributed by atoms with Gasteiger partial charge in [0.15, 0.2) is 0 Å². The van der Waals surface area contributed by atoms with Crippen LogP contribution in [0.4, 0.5) is 5.69 Å². The third kappa shape index (κ3) is 1.89. The summed E-state index contributed by atoms with van der Waals surface area (Å²) in [6, 6.07) is 6.21. The zero-order valence-electron chi connectivity index (χ0n) is 9.87. The number of benzene rings is 1. The van der Waals surface area contributed by atoms with Gasteiger partial charge in [0.2, 0.25) is 0 Å². The Morgan fingerprint density at radius 3 is 3.00 bits per heavy atom. The van der Waals surface area contributed by atoms with Crippen LogP contribution >= 0.6 is 0 Å². The molecule has 1 fully saturated rings. The fourth-order valence-corrected chi connectivity index (χ4v) is 2.46. The maximum Gasteiger partial charge on any atom is 0.0931 e. The third-order valence-corrected chi connectivity index (χ3v) is 3.93. The predicted molar refractivity (Wildman–Crippen MR) is 69.9 cm³/mol. The van der Waals surface area contributed by atoms with E-state index in [0.717, 1.165) is 29.8 Å². The van der Waals surface area contributed by atoms with Gasteiger partial charge < -0.3 is 16.0 Å². The summed E-state index contributed by atoms with van der Waals surface area (Å²) in [7, 11) is 0. The lowest BCUT2D eigenvalue weighted by molar-refractivity contribution is 0.163. The van der Waals surface area contributed by atoms with E-state index in [1.54, 1.807) is 6.33 Å². The van der Waals surface area contributed by atoms with Crippen LogP contribution < -0.4 is 11.1 Å². The molecule has 1 aliphatic carbocycles. The molecule has 1 aromatic heterocycles. The molecule has 0 aliphatic heterocycles. The van der Waals surface area contributed by atoms with Gasteiger partial charge in [-0.05, 0) is 43.0 Å².